The number of nitrogens with one attached hydrogen (secondary N) is 4. The number of nitrogens with two attached hydrogens (primary N) is 1. The summed E-state index contributed by atoms with van der Waals surface area (Å²) in [4.78, 5) is 17.2. The largest absolute Gasteiger partial charge is 0.366 e. The summed E-state index contributed by atoms with van der Waals surface area (Å²) in [6.45, 7) is 1.00. The average molecular weight is 355 g/mol. The molecule has 3 aliphatic heterocycles. The van der Waals surface area contributed by atoms with Gasteiger partial charge in [0.1, 0.15) is 6.17 Å². The van der Waals surface area contributed by atoms with E-state index in [1.165, 1.54) is 0 Å². The Bertz CT molecular complexity index is 724. The first kappa shape index (κ1) is 16.2. The second kappa shape index (κ2) is 6.31. The van der Waals surface area contributed by atoms with E-state index in [-0.39, 0.29) is 24.2 Å². The maximum atomic E-state index is 12.7. The number of aromatic nitrogens is 1. The predicted molar refractivity (Wildman–Crippen MR) is 95.7 cm³/mol. The molecule has 0 radical (unpaired) electrons. The van der Waals surface area contributed by atoms with E-state index in [1.807, 2.05) is 18.2 Å². The van der Waals surface area contributed by atoms with Crippen molar-refractivity contribution in [2.24, 2.45) is 17.6 Å². The zero-order chi connectivity index (χ0) is 17.7. The van der Waals surface area contributed by atoms with Crippen LogP contribution in [-0.4, -0.2) is 40.8 Å². The minimum absolute atomic E-state index is 0.0255. The van der Waals surface area contributed by atoms with E-state index in [4.69, 9.17) is 5.73 Å². The smallest absolute Gasteiger partial charge is 0.264 e. The molecular weight excluding hydrogens is 330 g/mol. The summed E-state index contributed by atoms with van der Waals surface area (Å²) < 4.78 is 0. The highest BCUT2D eigenvalue weighted by atomic mass is 16.2. The molecule has 1 saturated carbocycles. The number of carbonyl (C=O) groups excluding carboxylic acids is 1. The molecule has 0 aromatic carbocycles. The molecule has 4 aliphatic rings. The van der Waals surface area contributed by atoms with Gasteiger partial charge in [0, 0.05) is 30.6 Å². The van der Waals surface area contributed by atoms with Crippen LogP contribution in [0.25, 0.3) is 0 Å². The van der Waals surface area contributed by atoms with Crippen LogP contribution in [0.15, 0.2) is 36.2 Å². The van der Waals surface area contributed by atoms with Gasteiger partial charge in [0.25, 0.3) is 5.91 Å². The summed E-state index contributed by atoms with van der Waals surface area (Å²) in [5.74, 6) is 0.905. The molecule has 1 amide bonds. The Morgan fingerprint density at radius 1 is 1.27 bits per heavy atom. The van der Waals surface area contributed by atoms with Crippen molar-refractivity contribution in [1.29, 1.82) is 0 Å². The van der Waals surface area contributed by atoms with E-state index in [0.717, 1.165) is 37.2 Å². The van der Waals surface area contributed by atoms with E-state index < -0.39 is 0 Å². The number of hydrazine groups is 2. The van der Waals surface area contributed by atoms with E-state index in [9.17, 15) is 4.79 Å². The standard InChI is InChI=1S/C18H25N7O/c19-17-16(13-3-1-2-6-20-13)18-22-14(8-15(26)25(18)24-17)10-4-5-12-11(7-10)9-21-23-12/h1-3,6,8,10-12,16-18,21-24H,4-5,7,9,19H2. The van der Waals surface area contributed by atoms with Crippen molar-refractivity contribution in [3.05, 3.63) is 41.9 Å². The number of nitrogens with zero attached hydrogens (tertiary/aromatic N) is 2. The van der Waals surface area contributed by atoms with E-state index >= 15 is 0 Å². The van der Waals surface area contributed by atoms with Crippen molar-refractivity contribution in [3.8, 4) is 0 Å². The Morgan fingerprint density at radius 2 is 2.19 bits per heavy atom. The van der Waals surface area contributed by atoms with Crippen molar-refractivity contribution < 1.29 is 4.79 Å². The first-order chi connectivity index (χ1) is 12.7. The van der Waals surface area contributed by atoms with Gasteiger partial charge >= 0.3 is 0 Å². The van der Waals surface area contributed by atoms with Gasteiger partial charge in [-0.3, -0.25) is 20.6 Å². The predicted octanol–water partition coefficient (Wildman–Crippen LogP) is -0.497. The molecule has 1 aromatic rings. The molecule has 6 unspecified atom stereocenters. The van der Waals surface area contributed by atoms with E-state index in [1.54, 1.807) is 17.3 Å². The monoisotopic (exact) mass is 355 g/mol. The topological polar surface area (TPSA) is 107 Å². The van der Waals surface area contributed by atoms with Gasteiger partial charge in [-0.15, -0.1) is 0 Å². The van der Waals surface area contributed by atoms with Crippen LogP contribution in [0, 0.1) is 11.8 Å². The van der Waals surface area contributed by atoms with Crippen LogP contribution in [0.3, 0.4) is 0 Å². The van der Waals surface area contributed by atoms with Gasteiger partial charge in [0.15, 0.2) is 0 Å². The van der Waals surface area contributed by atoms with Crippen LogP contribution in [0.1, 0.15) is 30.9 Å². The van der Waals surface area contributed by atoms with Crippen LogP contribution >= 0.6 is 0 Å². The molecule has 0 bridgehead atoms. The molecular formula is C18H25N7O. The van der Waals surface area contributed by atoms with Crippen molar-refractivity contribution in [3.63, 3.8) is 0 Å². The summed E-state index contributed by atoms with van der Waals surface area (Å²) >= 11 is 0. The minimum Gasteiger partial charge on any atom is -0.366 e. The Hall–Kier alpha value is -2.00. The highest BCUT2D eigenvalue weighted by Crippen LogP contribution is 2.37. The number of hydrogen-bond donors (Lipinski definition) is 5. The fraction of sp³-hybridized carbons (Fsp3) is 0.556. The fourth-order valence-electron chi connectivity index (χ4n) is 4.89. The number of allylic oxidation sites excluding steroid dienone is 1. The van der Waals surface area contributed by atoms with Gasteiger partial charge in [-0.1, -0.05) is 6.07 Å². The number of carbonyl (C=O) groups is 1. The number of hydrogen-bond acceptors (Lipinski definition) is 7. The third-order valence-electron chi connectivity index (χ3n) is 6.23. The number of fused-ring (bicyclic) bond motifs is 2. The summed E-state index contributed by atoms with van der Waals surface area (Å²) in [6.07, 6.45) is 6.28. The second-order valence-corrected chi connectivity index (χ2v) is 7.73. The van der Waals surface area contributed by atoms with E-state index in [2.05, 4.69) is 26.6 Å². The summed E-state index contributed by atoms with van der Waals surface area (Å²) in [5.41, 5.74) is 18.0. The highest BCUT2D eigenvalue weighted by molar-refractivity contribution is 5.89. The number of rotatable bonds is 2. The van der Waals surface area contributed by atoms with Gasteiger partial charge in [0.2, 0.25) is 0 Å². The first-order valence-corrected chi connectivity index (χ1v) is 9.43. The van der Waals surface area contributed by atoms with Crippen LogP contribution in [0.4, 0.5) is 0 Å². The normalized spacial score (nSPS) is 39.2. The van der Waals surface area contributed by atoms with Gasteiger partial charge < -0.3 is 11.1 Å². The Balaban J connectivity index is 1.39. The molecule has 1 aromatic heterocycles. The minimum atomic E-state index is -0.349. The zero-order valence-electron chi connectivity index (χ0n) is 14.6. The molecule has 0 spiro atoms. The Morgan fingerprint density at radius 3 is 3.04 bits per heavy atom. The third-order valence-corrected chi connectivity index (χ3v) is 6.23. The maximum absolute atomic E-state index is 12.7. The van der Waals surface area contributed by atoms with Gasteiger partial charge in [-0.05, 0) is 43.2 Å². The van der Waals surface area contributed by atoms with Crippen molar-refractivity contribution in [2.75, 3.05) is 6.54 Å². The van der Waals surface area contributed by atoms with Crippen LogP contribution < -0.4 is 27.3 Å². The molecule has 3 fully saturated rings. The molecule has 5 rings (SSSR count). The lowest BCUT2D eigenvalue weighted by atomic mass is 9.77. The van der Waals surface area contributed by atoms with Gasteiger partial charge in [-0.2, -0.15) is 0 Å². The van der Waals surface area contributed by atoms with Crippen molar-refractivity contribution >= 4 is 5.91 Å². The molecule has 4 heterocycles. The molecule has 138 valence electrons. The fourth-order valence-corrected chi connectivity index (χ4v) is 4.89. The number of amides is 1. The quantitative estimate of drug-likeness (QED) is 0.487. The van der Waals surface area contributed by atoms with Gasteiger partial charge in [-0.25, -0.2) is 10.4 Å². The van der Waals surface area contributed by atoms with Crippen molar-refractivity contribution in [1.82, 2.24) is 31.6 Å². The molecule has 6 N–H and O–H groups in total. The Kier molecular flexibility index (Phi) is 3.93. The molecule has 26 heavy (non-hydrogen) atoms. The molecule has 1 aliphatic carbocycles. The van der Waals surface area contributed by atoms with Crippen LogP contribution in [0.2, 0.25) is 0 Å². The zero-order valence-corrected chi connectivity index (χ0v) is 14.6. The van der Waals surface area contributed by atoms with Crippen molar-refractivity contribution in [2.45, 2.75) is 43.6 Å². The second-order valence-electron chi connectivity index (χ2n) is 7.73. The Labute approximate surface area is 152 Å². The lowest BCUT2D eigenvalue weighted by Crippen LogP contribution is -2.54. The molecule has 8 nitrogen and oxygen atoms in total. The SMILES string of the molecule is NC1NN2C(=O)C=C(C3CCC4NNCC4C3)NC2C1c1ccccn1. The summed E-state index contributed by atoms with van der Waals surface area (Å²) in [7, 11) is 0. The molecule has 2 saturated heterocycles. The maximum Gasteiger partial charge on any atom is 0.264 e. The van der Waals surface area contributed by atoms with E-state index in [0.29, 0.717) is 17.9 Å². The summed E-state index contributed by atoms with van der Waals surface area (Å²) in [6, 6.07) is 6.38. The molecule has 8 heteroatoms. The lowest BCUT2D eigenvalue weighted by molar-refractivity contribution is -0.131. The average Bonchev–Trinajstić information content (AvgIpc) is 3.25. The van der Waals surface area contributed by atoms with Crippen LogP contribution in [-0.2, 0) is 4.79 Å². The third kappa shape index (κ3) is 2.61. The number of pyridine rings is 1. The highest BCUT2D eigenvalue weighted by Gasteiger charge is 2.47. The summed E-state index contributed by atoms with van der Waals surface area (Å²) in [5, 5.41) is 5.24. The first-order valence-electron chi connectivity index (χ1n) is 9.43. The van der Waals surface area contributed by atoms with Crippen LogP contribution in [0.5, 0.6) is 0 Å². The van der Waals surface area contributed by atoms with Gasteiger partial charge in [0.05, 0.1) is 17.8 Å². The lowest BCUT2D eigenvalue weighted by Gasteiger charge is -2.38. The molecule has 6 atom stereocenters.